The van der Waals surface area contributed by atoms with Gasteiger partial charge in [-0.05, 0) is 35.4 Å². The fourth-order valence-electron chi connectivity index (χ4n) is 7.65. The maximum Gasteiger partial charge on any atom is 0.180 e. The summed E-state index contributed by atoms with van der Waals surface area (Å²) in [5.74, 6) is 1.37. The van der Waals surface area contributed by atoms with Crippen molar-refractivity contribution in [1.29, 1.82) is 0 Å². The lowest BCUT2D eigenvalue weighted by Crippen LogP contribution is -1.96. The van der Waals surface area contributed by atoms with Gasteiger partial charge in [-0.15, -0.1) is 11.3 Å². The molecular weight excluding hydrogens is 705 g/mol. The fraction of sp³-hybridized carbons (Fsp3) is 0. The molecule has 4 aromatic heterocycles. The molecule has 0 aliphatic carbocycles. The van der Waals surface area contributed by atoms with Crippen molar-refractivity contribution in [3.05, 3.63) is 182 Å². The van der Waals surface area contributed by atoms with Crippen LogP contribution in [0.1, 0.15) is 0 Å². The summed E-state index contributed by atoms with van der Waals surface area (Å²) < 4.78 is 8.74. The van der Waals surface area contributed by atoms with Crippen molar-refractivity contribution in [3.63, 3.8) is 0 Å². The van der Waals surface area contributed by atoms with Crippen molar-refractivity contribution < 1.29 is 4.42 Å². The van der Waals surface area contributed by atoms with Crippen LogP contribution in [0.4, 0.5) is 0 Å². The van der Waals surface area contributed by atoms with Gasteiger partial charge in [0.2, 0.25) is 0 Å². The van der Waals surface area contributed by atoms with Crippen molar-refractivity contribution in [1.82, 2.24) is 19.9 Å². The Morgan fingerprint density at radius 2 is 1.00 bits per heavy atom. The van der Waals surface area contributed by atoms with Crippen LogP contribution in [0.5, 0.6) is 0 Å². The van der Waals surface area contributed by atoms with Gasteiger partial charge in [0.15, 0.2) is 17.2 Å². The number of nitrogens with zero attached hydrogens (tertiary/aromatic N) is 4. The van der Waals surface area contributed by atoms with Crippen molar-refractivity contribution in [3.8, 4) is 67.7 Å². The van der Waals surface area contributed by atoms with Gasteiger partial charge in [-0.25, -0.2) is 19.9 Å². The Kier molecular flexibility index (Phi) is 7.60. The van der Waals surface area contributed by atoms with E-state index in [9.17, 15) is 0 Å². The molecule has 5 nitrogen and oxygen atoms in total. The molecule has 0 N–H and O–H groups in total. The third-order valence-corrected chi connectivity index (χ3v) is 11.6. The minimum atomic E-state index is 0.659. The van der Waals surface area contributed by atoms with Gasteiger partial charge >= 0.3 is 0 Å². The molecule has 0 unspecified atom stereocenters. The molecule has 4 heterocycles. The van der Waals surface area contributed by atoms with E-state index in [1.165, 1.54) is 20.3 Å². The number of rotatable bonds is 6. The van der Waals surface area contributed by atoms with E-state index in [1.54, 1.807) is 11.3 Å². The van der Waals surface area contributed by atoms with E-state index in [-0.39, 0.29) is 0 Å². The van der Waals surface area contributed by atoms with Crippen LogP contribution in [0.15, 0.2) is 186 Å². The van der Waals surface area contributed by atoms with Gasteiger partial charge in [0.05, 0.1) is 11.4 Å². The second-order valence-electron chi connectivity index (χ2n) is 13.8. The number of aromatic nitrogens is 4. The van der Waals surface area contributed by atoms with Crippen molar-refractivity contribution in [2.45, 2.75) is 0 Å². The molecule has 262 valence electrons. The lowest BCUT2D eigenvalue weighted by molar-refractivity contribution is 0.667. The third-order valence-electron chi connectivity index (χ3n) is 10.3. The standard InChI is InChI=1S/C50H30N4OS/c1-4-14-32(15-5-1)40-30-41(33-16-6-2-7-17-33)52-50(51-40)39-23-13-25-43-44(39)38-22-12-21-36(48(38)56-43)31-26-28-35(29-27-31)49-53-45(34-18-8-3-9-19-34)47-46(54-49)37-20-10-11-24-42(37)55-47/h1-30H. The number of fused-ring (bicyclic) bond motifs is 6. The normalized spacial score (nSPS) is 11.6. The monoisotopic (exact) mass is 734 g/mol. The number of benzene rings is 7. The largest absolute Gasteiger partial charge is 0.452 e. The molecule has 0 aliphatic heterocycles. The van der Waals surface area contributed by atoms with Crippen molar-refractivity contribution >= 4 is 53.6 Å². The first-order valence-corrected chi connectivity index (χ1v) is 19.4. The molecule has 0 bridgehead atoms. The molecule has 0 atom stereocenters. The fourth-order valence-corrected chi connectivity index (χ4v) is 8.92. The summed E-state index contributed by atoms with van der Waals surface area (Å²) in [6.45, 7) is 0. The van der Waals surface area contributed by atoms with E-state index in [0.717, 1.165) is 72.3 Å². The number of hydrogen-bond donors (Lipinski definition) is 0. The number of thiophene rings is 1. The van der Waals surface area contributed by atoms with Crippen molar-refractivity contribution in [2.24, 2.45) is 0 Å². The number of hydrogen-bond acceptors (Lipinski definition) is 6. The van der Waals surface area contributed by atoms with Gasteiger partial charge in [-0.3, -0.25) is 0 Å². The molecule has 6 heteroatoms. The summed E-state index contributed by atoms with van der Waals surface area (Å²) in [6.07, 6.45) is 0. The lowest BCUT2D eigenvalue weighted by Gasteiger charge is -2.10. The zero-order valence-corrected chi connectivity index (χ0v) is 30.7. The first-order valence-electron chi connectivity index (χ1n) is 18.6. The van der Waals surface area contributed by atoms with Crippen LogP contribution in [0, 0.1) is 0 Å². The Labute approximate surface area is 326 Å². The Hall–Kier alpha value is -7.28. The van der Waals surface area contributed by atoms with Crippen LogP contribution in [-0.4, -0.2) is 19.9 Å². The average Bonchev–Trinajstić information content (AvgIpc) is 3.86. The van der Waals surface area contributed by atoms with Crippen molar-refractivity contribution in [2.75, 3.05) is 0 Å². The van der Waals surface area contributed by atoms with E-state index >= 15 is 0 Å². The zero-order chi connectivity index (χ0) is 37.0. The van der Waals surface area contributed by atoms with E-state index in [0.29, 0.717) is 17.2 Å². The minimum absolute atomic E-state index is 0.659. The van der Waals surface area contributed by atoms with Gasteiger partial charge in [0.25, 0.3) is 0 Å². The maximum absolute atomic E-state index is 6.33. The summed E-state index contributed by atoms with van der Waals surface area (Å²) >= 11 is 1.81. The predicted octanol–water partition coefficient (Wildman–Crippen LogP) is 13.5. The molecule has 11 rings (SSSR count). The van der Waals surface area contributed by atoms with Gasteiger partial charge in [0, 0.05) is 53.4 Å². The SMILES string of the molecule is c1ccc(-c2cc(-c3ccccc3)nc(-c3cccc4sc5c(-c6ccc(-c7nc(-c8ccccc8)c8oc9ccccc9c8n7)cc6)cccc5c34)n2)cc1. The van der Waals surface area contributed by atoms with Gasteiger partial charge in [-0.1, -0.05) is 158 Å². The highest BCUT2D eigenvalue weighted by molar-refractivity contribution is 7.26. The lowest BCUT2D eigenvalue weighted by atomic mass is 9.99. The van der Waals surface area contributed by atoms with Gasteiger partial charge in [-0.2, -0.15) is 0 Å². The zero-order valence-electron chi connectivity index (χ0n) is 29.9. The minimum Gasteiger partial charge on any atom is -0.452 e. The topological polar surface area (TPSA) is 64.7 Å². The smallest absolute Gasteiger partial charge is 0.180 e. The summed E-state index contributed by atoms with van der Waals surface area (Å²) in [5.41, 5.74) is 12.2. The molecule has 0 aliphatic rings. The highest BCUT2D eigenvalue weighted by atomic mass is 32.1. The van der Waals surface area contributed by atoms with Crippen LogP contribution in [0.3, 0.4) is 0 Å². The molecule has 0 spiro atoms. The van der Waals surface area contributed by atoms with E-state index in [2.05, 4.69) is 133 Å². The van der Waals surface area contributed by atoms with E-state index in [4.69, 9.17) is 24.4 Å². The summed E-state index contributed by atoms with van der Waals surface area (Å²) in [4.78, 5) is 20.5. The van der Waals surface area contributed by atoms with Crippen LogP contribution < -0.4 is 0 Å². The quantitative estimate of drug-likeness (QED) is 0.170. The maximum atomic E-state index is 6.33. The van der Waals surface area contributed by atoms with E-state index in [1.807, 2.05) is 48.5 Å². The first-order chi connectivity index (χ1) is 27.7. The van der Waals surface area contributed by atoms with Crippen LogP contribution >= 0.6 is 11.3 Å². The Balaban J connectivity index is 1.03. The first kappa shape index (κ1) is 32.2. The average molecular weight is 735 g/mol. The predicted molar refractivity (Wildman–Crippen MR) is 230 cm³/mol. The van der Waals surface area contributed by atoms with Crippen LogP contribution in [-0.2, 0) is 0 Å². The molecule has 0 amide bonds. The molecule has 11 aromatic rings. The second kappa shape index (κ2) is 13.2. The molecule has 7 aromatic carbocycles. The Morgan fingerprint density at radius 3 is 1.71 bits per heavy atom. The Morgan fingerprint density at radius 1 is 0.411 bits per heavy atom. The molecule has 0 radical (unpaired) electrons. The van der Waals surface area contributed by atoms with Gasteiger partial charge < -0.3 is 4.42 Å². The molecule has 56 heavy (non-hydrogen) atoms. The van der Waals surface area contributed by atoms with E-state index < -0.39 is 0 Å². The second-order valence-corrected chi connectivity index (χ2v) is 14.8. The number of furan rings is 1. The summed E-state index contributed by atoms with van der Waals surface area (Å²) in [5, 5.41) is 3.33. The molecule has 0 saturated heterocycles. The molecule has 0 fully saturated rings. The molecule has 0 saturated carbocycles. The van der Waals surface area contributed by atoms with Crippen LogP contribution in [0.25, 0.3) is 110 Å². The molecular formula is C50H30N4OS. The van der Waals surface area contributed by atoms with Gasteiger partial charge in [0.1, 0.15) is 16.8 Å². The third kappa shape index (κ3) is 5.46. The highest BCUT2D eigenvalue weighted by Gasteiger charge is 2.20. The summed E-state index contributed by atoms with van der Waals surface area (Å²) in [6, 6.07) is 62.6. The Bertz CT molecular complexity index is 3170. The highest BCUT2D eigenvalue weighted by Crippen LogP contribution is 2.44. The van der Waals surface area contributed by atoms with Crippen LogP contribution in [0.2, 0.25) is 0 Å². The number of para-hydroxylation sites is 1. The summed E-state index contributed by atoms with van der Waals surface area (Å²) in [7, 11) is 0.